The van der Waals surface area contributed by atoms with Crippen LogP contribution in [0.5, 0.6) is 0 Å². The Bertz CT molecular complexity index is 109. The lowest BCUT2D eigenvalue weighted by atomic mass is 10.0. The van der Waals surface area contributed by atoms with Gasteiger partial charge in [0, 0.05) is 0 Å². The first kappa shape index (κ1) is 17.5. The van der Waals surface area contributed by atoms with Gasteiger partial charge < -0.3 is 0 Å². The maximum atomic E-state index is 2.29. The van der Waals surface area contributed by atoms with Crippen LogP contribution in [0.2, 0.25) is 5.28 Å². The Kier molecular flexibility index (Phi) is 17.1. The summed E-state index contributed by atoms with van der Waals surface area (Å²) in [6.07, 6.45) is 20.7. The van der Waals surface area contributed by atoms with E-state index in [9.17, 15) is 0 Å². The SMILES string of the molecule is CCCCCCCCCCCCCCC[CH2][AlH2]. The predicted octanol–water partition coefficient (Wildman–Crippen LogP) is 5.52. The van der Waals surface area contributed by atoms with Gasteiger partial charge in [-0.15, -0.1) is 5.28 Å². The molecule has 0 N–H and O–H groups in total. The summed E-state index contributed by atoms with van der Waals surface area (Å²) in [7, 11) is 0. The molecule has 0 aliphatic carbocycles. The Balaban J connectivity index is 2.85. The van der Waals surface area contributed by atoms with Gasteiger partial charge in [0.15, 0.2) is 0 Å². The fourth-order valence-corrected chi connectivity index (χ4v) is 2.94. The van der Waals surface area contributed by atoms with Crippen LogP contribution in [-0.2, 0) is 0 Å². The molecule has 0 rings (SSSR count). The normalized spacial score (nSPS) is 10.9. The smallest absolute Gasteiger partial charge is 0.101 e. The highest BCUT2D eigenvalue weighted by Crippen LogP contribution is 2.12. The summed E-state index contributed by atoms with van der Waals surface area (Å²) >= 11 is 1.41. The summed E-state index contributed by atoms with van der Waals surface area (Å²) < 4.78 is 0. The van der Waals surface area contributed by atoms with Crippen LogP contribution in [0.1, 0.15) is 96.8 Å². The van der Waals surface area contributed by atoms with E-state index in [-0.39, 0.29) is 0 Å². The highest BCUT2D eigenvalue weighted by Gasteiger charge is 1.93. The minimum Gasteiger partial charge on any atom is -0.101 e. The molecule has 102 valence electrons. The zero-order chi connectivity index (χ0) is 12.6. The third-order valence-electron chi connectivity index (χ3n) is 3.71. The number of hydrogen-bond donors (Lipinski definition) is 0. The Labute approximate surface area is 118 Å². The van der Waals surface area contributed by atoms with Crippen LogP contribution >= 0.6 is 0 Å². The highest BCUT2D eigenvalue weighted by molar-refractivity contribution is 6.08. The van der Waals surface area contributed by atoms with E-state index in [4.69, 9.17) is 0 Å². The average molecular weight is 254 g/mol. The summed E-state index contributed by atoms with van der Waals surface area (Å²) in [4.78, 5) is 0. The van der Waals surface area contributed by atoms with Gasteiger partial charge in [-0.05, 0) is 0 Å². The summed E-state index contributed by atoms with van der Waals surface area (Å²) in [5.41, 5.74) is 0. The topological polar surface area (TPSA) is 0 Å². The molecule has 17 heavy (non-hydrogen) atoms. The van der Waals surface area contributed by atoms with Gasteiger partial charge >= 0.3 is 0 Å². The van der Waals surface area contributed by atoms with Crippen LogP contribution in [0.25, 0.3) is 0 Å². The van der Waals surface area contributed by atoms with Crippen molar-refractivity contribution in [1.29, 1.82) is 0 Å². The fourth-order valence-electron chi connectivity index (χ4n) is 2.44. The van der Waals surface area contributed by atoms with Crippen LogP contribution in [0.4, 0.5) is 0 Å². The van der Waals surface area contributed by atoms with Crippen LogP contribution in [-0.4, -0.2) is 16.3 Å². The van der Waals surface area contributed by atoms with Gasteiger partial charge in [0.1, 0.15) is 0 Å². The largest absolute Gasteiger partial charge is 0.211 e. The highest BCUT2D eigenvalue weighted by atomic mass is 27.0. The van der Waals surface area contributed by atoms with E-state index in [1.54, 1.807) is 0 Å². The number of unbranched alkanes of at least 4 members (excludes halogenated alkanes) is 13. The van der Waals surface area contributed by atoms with E-state index >= 15 is 0 Å². The first-order valence-corrected chi connectivity index (χ1v) is 9.83. The monoisotopic (exact) mass is 254 g/mol. The summed E-state index contributed by atoms with van der Waals surface area (Å²) in [5.74, 6) is 0. The molecule has 0 nitrogen and oxygen atoms in total. The summed E-state index contributed by atoms with van der Waals surface area (Å²) in [6.45, 7) is 2.29. The van der Waals surface area contributed by atoms with E-state index in [1.807, 2.05) is 0 Å². The molecule has 0 aliphatic rings. The van der Waals surface area contributed by atoms with E-state index < -0.39 is 0 Å². The first-order chi connectivity index (χ1) is 8.41. The van der Waals surface area contributed by atoms with Gasteiger partial charge in [0.2, 0.25) is 16.3 Å². The molecule has 0 aromatic rings. The van der Waals surface area contributed by atoms with Crippen molar-refractivity contribution in [1.82, 2.24) is 0 Å². The third-order valence-corrected chi connectivity index (χ3v) is 4.41. The first-order valence-electron chi connectivity index (χ1n) is 8.41. The maximum absolute atomic E-state index is 2.29. The Morgan fingerprint density at radius 3 is 1.06 bits per heavy atom. The molecule has 0 spiro atoms. The molecule has 0 aromatic carbocycles. The Morgan fingerprint density at radius 1 is 0.471 bits per heavy atom. The van der Waals surface area contributed by atoms with Crippen molar-refractivity contribution < 1.29 is 0 Å². The maximum Gasteiger partial charge on any atom is 0.211 e. The molecule has 0 heterocycles. The second-order valence-electron chi connectivity index (χ2n) is 5.60. The minimum atomic E-state index is 1.38. The van der Waals surface area contributed by atoms with Crippen LogP contribution in [0.3, 0.4) is 0 Å². The molecule has 0 aromatic heterocycles. The molecule has 0 aliphatic heterocycles. The molecular weight excluding hydrogens is 219 g/mol. The van der Waals surface area contributed by atoms with Crippen molar-refractivity contribution >= 4 is 16.3 Å². The van der Waals surface area contributed by atoms with Crippen LogP contribution < -0.4 is 0 Å². The van der Waals surface area contributed by atoms with E-state index in [0.29, 0.717) is 0 Å². The minimum absolute atomic E-state index is 1.38. The van der Waals surface area contributed by atoms with Crippen molar-refractivity contribution in [3.63, 3.8) is 0 Å². The van der Waals surface area contributed by atoms with E-state index in [0.717, 1.165) is 0 Å². The Morgan fingerprint density at radius 2 is 0.765 bits per heavy atom. The molecule has 0 radical (unpaired) electrons. The second-order valence-corrected chi connectivity index (χ2v) is 6.60. The van der Waals surface area contributed by atoms with Crippen molar-refractivity contribution in [2.75, 3.05) is 0 Å². The second kappa shape index (κ2) is 16.5. The van der Waals surface area contributed by atoms with Gasteiger partial charge in [0.05, 0.1) is 0 Å². The molecule has 0 unspecified atom stereocenters. The van der Waals surface area contributed by atoms with Gasteiger partial charge in [-0.3, -0.25) is 0 Å². The lowest BCUT2D eigenvalue weighted by molar-refractivity contribution is 0.538. The van der Waals surface area contributed by atoms with Crippen molar-refractivity contribution in [2.24, 2.45) is 0 Å². The molecule has 0 fully saturated rings. The zero-order valence-corrected chi connectivity index (χ0v) is 14.6. The number of rotatable bonds is 14. The molecule has 0 bridgehead atoms. The van der Waals surface area contributed by atoms with Crippen molar-refractivity contribution in [2.45, 2.75) is 102 Å². The third kappa shape index (κ3) is 16.5. The average Bonchev–Trinajstić information content (AvgIpc) is 2.35. The molecule has 1 heteroatoms. The summed E-state index contributed by atoms with van der Waals surface area (Å²) in [6, 6.07) is 0. The van der Waals surface area contributed by atoms with Gasteiger partial charge in [-0.2, -0.15) is 0 Å². The number of hydrogen-bond acceptors (Lipinski definition) is 0. The lowest BCUT2D eigenvalue weighted by Gasteiger charge is -2.02. The van der Waals surface area contributed by atoms with Crippen LogP contribution in [0, 0.1) is 0 Å². The predicted molar refractivity (Wildman–Crippen MR) is 83.7 cm³/mol. The summed E-state index contributed by atoms with van der Waals surface area (Å²) in [5, 5.41) is 1.51. The van der Waals surface area contributed by atoms with E-state index in [2.05, 4.69) is 6.92 Å². The van der Waals surface area contributed by atoms with Gasteiger partial charge in [0.25, 0.3) is 0 Å². The standard InChI is InChI=1S/C16H33.Al.2H/c1-3-5-7-9-11-13-15-16-14-12-10-8-6-4-2;;;/h1,3-16H2,2H3;;;. The van der Waals surface area contributed by atoms with E-state index in [1.165, 1.54) is 111 Å². The van der Waals surface area contributed by atoms with Gasteiger partial charge in [-0.1, -0.05) is 96.8 Å². The molecule has 0 saturated heterocycles. The quantitative estimate of drug-likeness (QED) is 0.283. The van der Waals surface area contributed by atoms with Crippen molar-refractivity contribution in [3.8, 4) is 0 Å². The molecular formula is C16H35Al. The zero-order valence-electron chi connectivity index (χ0n) is 12.6. The molecule has 0 saturated carbocycles. The molecule has 0 atom stereocenters. The lowest BCUT2D eigenvalue weighted by Crippen LogP contribution is -1.83. The van der Waals surface area contributed by atoms with Gasteiger partial charge in [-0.25, -0.2) is 0 Å². The molecule has 0 amide bonds. The Hall–Kier alpha value is 0.532. The van der Waals surface area contributed by atoms with Crippen molar-refractivity contribution in [3.05, 3.63) is 0 Å². The van der Waals surface area contributed by atoms with Crippen LogP contribution in [0.15, 0.2) is 0 Å². The fraction of sp³-hybridized carbons (Fsp3) is 1.00.